The smallest absolute Gasteiger partial charge is 0.144 e. The van der Waals surface area contributed by atoms with Crippen molar-refractivity contribution in [3.8, 4) is 16.9 Å². The van der Waals surface area contributed by atoms with Gasteiger partial charge >= 0.3 is 0 Å². The number of para-hydroxylation sites is 1. The van der Waals surface area contributed by atoms with E-state index in [-0.39, 0.29) is 6.10 Å². The number of hydrogen-bond donors (Lipinski definition) is 2. The first-order chi connectivity index (χ1) is 13.4. The Hall–Kier alpha value is -2.31. The molecule has 0 fully saturated rings. The summed E-state index contributed by atoms with van der Waals surface area (Å²) >= 11 is 0. The van der Waals surface area contributed by atoms with Crippen molar-refractivity contribution in [3.05, 3.63) is 83.9 Å². The zero-order valence-electron chi connectivity index (χ0n) is 16.1. The molecule has 3 aromatic carbocycles. The van der Waals surface area contributed by atoms with E-state index in [0.29, 0.717) is 23.7 Å². The second-order valence-corrected chi connectivity index (χ2v) is 9.22. The lowest BCUT2D eigenvalue weighted by molar-refractivity contribution is 0.186. The largest absolute Gasteiger partial charge is 0.487 e. The molecular weight excluding hydrogens is 370 g/mol. The fourth-order valence-electron chi connectivity index (χ4n) is 3.55. The van der Waals surface area contributed by atoms with Crippen LogP contribution in [-0.2, 0) is 6.54 Å². The summed E-state index contributed by atoms with van der Waals surface area (Å²) < 4.78 is 29.9. The topological polar surface area (TPSA) is 52.9 Å². The van der Waals surface area contributed by atoms with Crippen molar-refractivity contribution < 1.29 is 13.8 Å². The molecule has 4 nitrogen and oxygen atoms in total. The quantitative estimate of drug-likeness (QED) is 0.574. The third kappa shape index (κ3) is 3.66. The maximum absolute atomic E-state index is 11.1. The molecule has 0 aromatic heterocycles. The Labute approximate surface area is 167 Å². The Morgan fingerprint density at radius 2 is 1.68 bits per heavy atom. The van der Waals surface area contributed by atoms with E-state index >= 15 is 0 Å². The van der Waals surface area contributed by atoms with E-state index in [9.17, 15) is 9.11 Å². The first-order valence-corrected chi connectivity index (χ1v) is 10.9. The van der Waals surface area contributed by atoms with Gasteiger partial charge in [0, 0.05) is 6.54 Å². The molecule has 1 atom stereocenters. The Morgan fingerprint density at radius 3 is 2.46 bits per heavy atom. The van der Waals surface area contributed by atoms with Crippen LogP contribution in [0.3, 0.4) is 0 Å². The molecule has 0 bridgehead atoms. The third-order valence-electron chi connectivity index (χ3n) is 5.10. The summed E-state index contributed by atoms with van der Waals surface area (Å²) in [6, 6.07) is 23.8. The van der Waals surface area contributed by atoms with Crippen LogP contribution in [0.15, 0.2) is 77.7 Å². The summed E-state index contributed by atoms with van der Waals surface area (Å²) in [5, 5.41) is 0. The summed E-state index contributed by atoms with van der Waals surface area (Å²) in [5.74, 6) is 0.548. The molecule has 0 saturated heterocycles. The number of nitrogens with zero attached hydrogens (tertiary/aromatic N) is 1. The molecule has 0 amide bonds. The number of hydrogen-bond acceptors (Lipinski definition) is 4. The van der Waals surface area contributed by atoms with Gasteiger partial charge in [0.1, 0.15) is 16.7 Å². The summed E-state index contributed by atoms with van der Waals surface area (Å²) in [6.07, 6.45) is -0.146. The molecule has 146 valence electrons. The maximum Gasteiger partial charge on any atom is 0.144 e. The average molecular weight is 396 g/mol. The van der Waals surface area contributed by atoms with E-state index in [0.717, 1.165) is 22.3 Å². The van der Waals surface area contributed by atoms with Crippen molar-refractivity contribution in [2.75, 3.05) is 6.54 Å². The molecule has 1 heterocycles. The van der Waals surface area contributed by atoms with E-state index < -0.39 is 10.8 Å². The highest BCUT2D eigenvalue weighted by atomic mass is 32.3. The summed E-state index contributed by atoms with van der Waals surface area (Å²) in [5.41, 5.74) is 4.47. The van der Waals surface area contributed by atoms with Gasteiger partial charge in [0.05, 0.1) is 6.54 Å². The predicted octanol–water partition coefficient (Wildman–Crippen LogP) is 5.97. The van der Waals surface area contributed by atoms with Crippen LogP contribution in [0.4, 0.5) is 0 Å². The molecule has 2 N–H and O–H groups in total. The highest BCUT2D eigenvalue weighted by molar-refractivity contribution is 8.22. The SMILES string of the molecule is Cc1ccc(-c2ccccc2)cc1CN1C[C@@H](C)Oc2ccccc2S1(O)O. The zero-order chi connectivity index (χ0) is 19.7. The van der Waals surface area contributed by atoms with E-state index in [2.05, 4.69) is 37.3 Å². The molecular formula is C23H25NO3S. The second-order valence-electron chi connectivity index (χ2n) is 7.22. The number of benzene rings is 3. The molecule has 1 aliphatic heterocycles. The number of aryl methyl sites for hydroxylation is 1. The van der Waals surface area contributed by atoms with Gasteiger partial charge in [-0.2, -0.15) is 4.31 Å². The molecule has 0 saturated carbocycles. The first kappa shape index (κ1) is 19.0. The van der Waals surface area contributed by atoms with Crippen LogP contribution in [0.1, 0.15) is 18.1 Å². The van der Waals surface area contributed by atoms with Gasteiger partial charge in [0.25, 0.3) is 0 Å². The monoisotopic (exact) mass is 395 g/mol. The zero-order valence-corrected chi connectivity index (χ0v) is 16.9. The van der Waals surface area contributed by atoms with Crippen LogP contribution in [-0.4, -0.2) is 26.1 Å². The number of fused-ring (bicyclic) bond motifs is 1. The lowest BCUT2D eigenvalue weighted by Gasteiger charge is -2.42. The van der Waals surface area contributed by atoms with Crippen LogP contribution in [0.5, 0.6) is 5.75 Å². The minimum absolute atomic E-state index is 0.146. The van der Waals surface area contributed by atoms with Crippen LogP contribution >= 0.6 is 10.8 Å². The molecule has 1 aliphatic rings. The van der Waals surface area contributed by atoms with Gasteiger partial charge in [-0.3, -0.25) is 9.11 Å². The van der Waals surface area contributed by atoms with E-state index in [1.807, 2.05) is 37.3 Å². The Morgan fingerprint density at radius 1 is 0.964 bits per heavy atom. The summed E-state index contributed by atoms with van der Waals surface area (Å²) in [4.78, 5) is 0.455. The van der Waals surface area contributed by atoms with Gasteiger partial charge in [-0.25, -0.2) is 0 Å². The molecule has 4 rings (SSSR count). The van der Waals surface area contributed by atoms with Gasteiger partial charge < -0.3 is 4.74 Å². The van der Waals surface area contributed by atoms with Gasteiger partial charge in [0.2, 0.25) is 0 Å². The van der Waals surface area contributed by atoms with Gasteiger partial charge in [0.15, 0.2) is 0 Å². The van der Waals surface area contributed by atoms with Crippen LogP contribution in [0.25, 0.3) is 11.1 Å². The Balaban J connectivity index is 1.70. The third-order valence-corrected chi connectivity index (χ3v) is 7.02. The molecule has 0 aliphatic carbocycles. The van der Waals surface area contributed by atoms with Gasteiger partial charge in [-0.1, -0.05) is 54.6 Å². The second kappa shape index (κ2) is 7.60. The molecule has 0 spiro atoms. The van der Waals surface area contributed by atoms with Crippen molar-refractivity contribution >= 4 is 10.8 Å². The maximum atomic E-state index is 11.1. The molecule has 28 heavy (non-hydrogen) atoms. The van der Waals surface area contributed by atoms with E-state index in [4.69, 9.17) is 4.74 Å². The summed E-state index contributed by atoms with van der Waals surface area (Å²) in [6.45, 7) is 4.89. The lowest BCUT2D eigenvalue weighted by atomic mass is 10.00. The highest BCUT2D eigenvalue weighted by Gasteiger charge is 2.33. The minimum Gasteiger partial charge on any atom is -0.487 e. The van der Waals surface area contributed by atoms with Crippen molar-refractivity contribution in [3.63, 3.8) is 0 Å². The Bertz CT molecular complexity index is 975. The molecule has 5 heteroatoms. The fourth-order valence-corrected chi connectivity index (χ4v) is 5.22. The van der Waals surface area contributed by atoms with E-state index in [1.165, 1.54) is 0 Å². The van der Waals surface area contributed by atoms with Gasteiger partial charge in [-0.15, -0.1) is 10.8 Å². The van der Waals surface area contributed by atoms with Crippen molar-refractivity contribution in [2.45, 2.75) is 31.4 Å². The number of rotatable bonds is 3. The molecule has 0 radical (unpaired) electrons. The average Bonchev–Trinajstić information content (AvgIpc) is 2.78. The predicted molar refractivity (Wildman–Crippen MR) is 115 cm³/mol. The van der Waals surface area contributed by atoms with E-state index in [1.54, 1.807) is 16.4 Å². The van der Waals surface area contributed by atoms with Crippen LogP contribution < -0.4 is 4.74 Å². The normalized spacial score (nSPS) is 19.9. The van der Waals surface area contributed by atoms with Crippen LogP contribution in [0.2, 0.25) is 0 Å². The Kier molecular flexibility index (Phi) is 5.17. The van der Waals surface area contributed by atoms with Crippen molar-refractivity contribution in [1.29, 1.82) is 0 Å². The van der Waals surface area contributed by atoms with Gasteiger partial charge in [-0.05, 0) is 54.3 Å². The fraction of sp³-hybridized carbons (Fsp3) is 0.217. The standard InChI is InChI=1S/C23H25NO3S/c1-17-12-13-20(19-8-4-3-5-9-19)14-21(17)16-24-15-18(2)27-22-10-6-7-11-23(22)28(24,25)26/h3-14,18,25-26H,15-16H2,1-2H3/t18-/m1/s1. The highest BCUT2D eigenvalue weighted by Crippen LogP contribution is 2.57. The number of ether oxygens (including phenoxy) is 1. The molecule has 0 unspecified atom stereocenters. The summed E-state index contributed by atoms with van der Waals surface area (Å²) in [7, 11) is -3.14. The first-order valence-electron chi connectivity index (χ1n) is 9.39. The van der Waals surface area contributed by atoms with Crippen molar-refractivity contribution in [2.24, 2.45) is 0 Å². The molecule has 3 aromatic rings. The minimum atomic E-state index is -3.14. The van der Waals surface area contributed by atoms with Crippen LogP contribution in [0, 0.1) is 6.92 Å². The van der Waals surface area contributed by atoms with Crippen molar-refractivity contribution in [1.82, 2.24) is 4.31 Å². The lowest BCUT2D eigenvalue weighted by Crippen LogP contribution is -2.33.